The first-order chi connectivity index (χ1) is 13.3. The molecule has 1 aliphatic rings. The second kappa shape index (κ2) is 8.73. The lowest BCUT2D eigenvalue weighted by atomic mass is 10.1. The fourth-order valence-electron chi connectivity index (χ4n) is 3.74. The Hall–Kier alpha value is -2.41. The highest BCUT2D eigenvalue weighted by atomic mass is 16.2. The van der Waals surface area contributed by atoms with Crippen LogP contribution in [0.4, 0.5) is 0 Å². The molecule has 0 radical (unpaired) electrons. The number of aromatic amines is 1. The molecule has 1 aromatic heterocycles. The highest BCUT2D eigenvalue weighted by molar-refractivity contribution is 5.88. The lowest BCUT2D eigenvalue weighted by Crippen LogP contribution is -2.57. The average molecular weight is 386 g/mol. The van der Waals surface area contributed by atoms with E-state index >= 15 is 0 Å². The van der Waals surface area contributed by atoms with Crippen molar-refractivity contribution < 1.29 is 9.59 Å². The third-order valence-corrected chi connectivity index (χ3v) is 5.28. The number of imidazole rings is 1. The predicted molar refractivity (Wildman–Crippen MR) is 110 cm³/mol. The molecular weight excluding hydrogens is 354 g/mol. The van der Waals surface area contributed by atoms with E-state index in [0.29, 0.717) is 25.4 Å². The molecular formula is C21H31N5O2. The number of carbonyl (C=O) groups excluding carboxylic acids is 2. The second-order valence-corrected chi connectivity index (χ2v) is 8.12. The zero-order valence-electron chi connectivity index (χ0n) is 17.3. The molecule has 0 spiro atoms. The first-order valence-corrected chi connectivity index (χ1v) is 10.0. The molecule has 0 aliphatic carbocycles. The van der Waals surface area contributed by atoms with Crippen LogP contribution in [0.25, 0.3) is 11.0 Å². The van der Waals surface area contributed by atoms with Crippen LogP contribution in [0.3, 0.4) is 0 Å². The highest BCUT2D eigenvalue weighted by Gasteiger charge is 2.32. The van der Waals surface area contributed by atoms with Crippen molar-refractivity contribution in [3.63, 3.8) is 0 Å². The summed E-state index contributed by atoms with van der Waals surface area (Å²) in [6.45, 7) is 9.14. The minimum absolute atomic E-state index is 0.0110. The maximum Gasteiger partial charge on any atom is 0.237 e. The number of rotatable bonds is 7. The summed E-state index contributed by atoms with van der Waals surface area (Å²) in [5.41, 5.74) is 3.14. The van der Waals surface area contributed by atoms with Crippen molar-refractivity contribution >= 4 is 22.8 Å². The van der Waals surface area contributed by atoms with Crippen LogP contribution < -0.4 is 5.32 Å². The topological polar surface area (TPSA) is 81.3 Å². The number of hydrogen-bond donors (Lipinski definition) is 2. The number of aromatic nitrogens is 2. The number of para-hydroxylation sites is 1. The van der Waals surface area contributed by atoms with Crippen LogP contribution in [-0.2, 0) is 16.0 Å². The summed E-state index contributed by atoms with van der Waals surface area (Å²) in [6, 6.07) is 5.69. The largest absolute Gasteiger partial charge is 0.353 e. The Morgan fingerprint density at radius 2 is 2.18 bits per heavy atom. The number of aryl methyl sites for hydroxylation is 1. The van der Waals surface area contributed by atoms with Gasteiger partial charge in [-0.2, -0.15) is 0 Å². The van der Waals surface area contributed by atoms with Gasteiger partial charge in [-0.05, 0) is 24.5 Å². The zero-order valence-corrected chi connectivity index (χ0v) is 17.3. The molecule has 1 unspecified atom stereocenters. The van der Waals surface area contributed by atoms with Gasteiger partial charge in [-0.15, -0.1) is 0 Å². The number of carbonyl (C=O) groups is 2. The molecule has 1 saturated heterocycles. The van der Waals surface area contributed by atoms with Crippen LogP contribution >= 0.6 is 0 Å². The zero-order chi connectivity index (χ0) is 20.3. The average Bonchev–Trinajstić information content (AvgIpc) is 3.06. The molecule has 1 fully saturated rings. The Morgan fingerprint density at radius 3 is 2.89 bits per heavy atom. The number of amides is 2. The fraction of sp³-hybridized carbons (Fsp3) is 0.571. The highest BCUT2D eigenvalue weighted by Crippen LogP contribution is 2.16. The number of fused-ring (bicyclic) bond motifs is 1. The van der Waals surface area contributed by atoms with Gasteiger partial charge in [-0.1, -0.05) is 26.0 Å². The minimum atomic E-state index is -0.375. The maximum atomic E-state index is 12.7. The van der Waals surface area contributed by atoms with E-state index in [1.165, 1.54) is 0 Å². The lowest BCUT2D eigenvalue weighted by molar-refractivity contribution is -0.138. The van der Waals surface area contributed by atoms with Crippen LogP contribution in [0, 0.1) is 12.8 Å². The Morgan fingerprint density at radius 1 is 1.39 bits per heavy atom. The molecule has 2 heterocycles. The number of piperazine rings is 1. The van der Waals surface area contributed by atoms with Crippen molar-refractivity contribution in [2.45, 2.75) is 39.7 Å². The smallest absolute Gasteiger partial charge is 0.237 e. The van der Waals surface area contributed by atoms with Crippen molar-refractivity contribution in [2.75, 3.05) is 33.2 Å². The van der Waals surface area contributed by atoms with Gasteiger partial charge in [-0.25, -0.2) is 4.98 Å². The molecule has 2 amide bonds. The summed E-state index contributed by atoms with van der Waals surface area (Å²) < 4.78 is 0. The minimum Gasteiger partial charge on any atom is -0.353 e. The van der Waals surface area contributed by atoms with Gasteiger partial charge >= 0.3 is 0 Å². The molecule has 7 heteroatoms. The van der Waals surface area contributed by atoms with E-state index in [1.807, 2.05) is 25.1 Å². The van der Waals surface area contributed by atoms with Crippen LogP contribution in [0.15, 0.2) is 18.2 Å². The number of nitrogens with one attached hydrogen (secondary N) is 2. The SMILES string of the molecule is Cc1cccc2[nH]c(CCN(C)C(=O)CC3C(=O)NCCN3CC(C)C)nc12. The van der Waals surface area contributed by atoms with E-state index < -0.39 is 0 Å². The van der Waals surface area contributed by atoms with Crippen molar-refractivity contribution in [3.05, 3.63) is 29.6 Å². The molecule has 2 aromatic rings. The molecule has 0 bridgehead atoms. The third-order valence-electron chi connectivity index (χ3n) is 5.28. The number of likely N-dealkylation sites (N-methyl/N-ethyl adjacent to an activating group) is 1. The third kappa shape index (κ3) is 4.70. The van der Waals surface area contributed by atoms with Gasteiger partial charge in [0, 0.05) is 39.6 Å². The summed E-state index contributed by atoms with van der Waals surface area (Å²) in [4.78, 5) is 36.9. The van der Waals surface area contributed by atoms with E-state index in [0.717, 1.165) is 35.5 Å². The fourth-order valence-corrected chi connectivity index (χ4v) is 3.74. The molecule has 3 rings (SSSR count). The molecule has 1 aromatic carbocycles. The Bertz CT molecular complexity index is 844. The van der Waals surface area contributed by atoms with Crippen molar-refractivity contribution in [1.82, 2.24) is 25.1 Å². The van der Waals surface area contributed by atoms with Crippen LogP contribution in [0.1, 0.15) is 31.7 Å². The van der Waals surface area contributed by atoms with E-state index in [1.54, 1.807) is 11.9 Å². The molecule has 1 aliphatic heterocycles. The Balaban J connectivity index is 1.58. The molecule has 152 valence electrons. The molecule has 7 nitrogen and oxygen atoms in total. The van der Waals surface area contributed by atoms with Crippen molar-refractivity contribution in [3.8, 4) is 0 Å². The van der Waals surface area contributed by atoms with Gasteiger partial charge in [0.2, 0.25) is 11.8 Å². The predicted octanol–water partition coefficient (Wildman–Crippen LogP) is 1.72. The number of benzene rings is 1. The molecule has 28 heavy (non-hydrogen) atoms. The van der Waals surface area contributed by atoms with Gasteiger partial charge in [0.05, 0.1) is 23.5 Å². The molecule has 2 N–H and O–H groups in total. The van der Waals surface area contributed by atoms with Crippen LogP contribution in [0.2, 0.25) is 0 Å². The Kier molecular flexibility index (Phi) is 6.34. The van der Waals surface area contributed by atoms with Gasteiger partial charge in [0.25, 0.3) is 0 Å². The van der Waals surface area contributed by atoms with Crippen molar-refractivity contribution in [1.29, 1.82) is 0 Å². The summed E-state index contributed by atoms with van der Waals surface area (Å²) in [6.07, 6.45) is 0.872. The van der Waals surface area contributed by atoms with Crippen LogP contribution in [-0.4, -0.2) is 70.9 Å². The van der Waals surface area contributed by atoms with Gasteiger partial charge in [0.1, 0.15) is 5.82 Å². The summed E-state index contributed by atoms with van der Waals surface area (Å²) in [5.74, 6) is 1.28. The normalized spacial score (nSPS) is 17.9. The standard InChI is InChI=1S/C21H31N5O2/c1-14(2)13-26-11-9-22-21(28)17(26)12-19(27)25(4)10-8-18-23-16-7-5-6-15(3)20(16)24-18/h5-7,14,17H,8-13H2,1-4H3,(H,22,28)(H,23,24). The summed E-state index contributed by atoms with van der Waals surface area (Å²) >= 11 is 0. The number of hydrogen-bond acceptors (Lipinski definition) is 4. The number of H-pyrrole nitrogens is 1. The van der Waals surface area contributed by atoms with E-state index in [4.69, 9.17) is 0 Å². The van der Waals surface area contributed by atoms with E-state index in [2.05, 4.69) is 34.0 Å². The van der Waals surface area contributed by atoms with Gasteiger partial charge in [0.15, 0.2) is 0 Å². The van der Waals surface area contributed by atoms with Gasteiger partial charge in [-0.3, -0.25) is 14.5 Å². The second-order valence-electron chi connectivity index (χ2n) is 8.12. The van der Waals surface area contributed by atoms with Crippen molar-refractivity contribution in [2.24, 2.45) is 5.92 Å². The van der Waals surface area contributed by atoms with Gasteiger partial charge < -0.3 is 15.2 Å². The first kappa shape index (κ1) is 20.3. The van der Waals surface area contributed by atoms with E-state index in [-0.39, 0.29) is 24.3 Å². The molecule has 0 saturated carbocycles. The first-order valence-electron chi connectivity index (χ1n) is 10.0. The van der Waals surface area contributed by atoms with E-state index in [9.17, 15) is 9.59 Å². The monoisotopic (exact) mass is 385 g/mol. The molecule has 1 atom stereocenters. The summed E-state index contributed by atoms with van der Waals surface area (Å²) in [7, 11) is 1.80. The number of nitrogens with zero attached hydrogens (tertiary/aromatic N) is 3. The maximum absolute atomic E-state index is 12.7. The lowest BCUT2D eigenvalue weighted by Gasteiger charge is -2.36. The summed E-state index contributed by atoms with van der Waals surface area (Å²) in [5, 5.41) is 2.89. The quantitative estimate of drug-likeness (QED) is 0.760. The Labute approximate surface area is 166 Å². The van der Waals surface area contributed by atoms with Crippen LogP contribution in [0.5, 0.6) is 0 Å².